The summed E-state index contributed by atoms with van der Waals surface area (Å²) in [5.41, 5.74) is 7.26. The van der Waals surface area contributed by atoms with Crippen LogP contribution in [-0.2, 0) is 16.0 Å². The highest BCUT2D eigenvalue weighted by molar-refractivity contribution is 6.02. The largest absolute Gasteiger partial charge is 0.480 e. The summed E-state index contributed by atoms with van der Waals surface area (Å²) >= 11 is 0. The number of fused-ring (bicyclic) bond motifs is 1. The molecule has 0 saturated heterocycles. The van der Waals surface area contributed by atoms with Crippen LogP contribution in [-0.4, -0.2) is 29.1 Å². The van der Waals surface area contributed by atoms with E-state index in [2.05, 4.69) is 0 Å². The molecule has 1 aromatic rings. The molecule has 0 aromatic heterocycles. The number of nitrogens with zero attached hydrogens (tertiary/aromatic N) is 1. The highest BCUT2D eigenvalue weighted by atomic mass is 16.4. The summed E-state index contributed by atoms with van der Waals surface area (Å²) in [6.07, 6.45) is 1.08. The number of carbonyl (C=O) groups excluding carboxylic acids is 1. The maximum atomic E-state index is 12.1. The highest BCUT2D eigenvalue weighted by Gasteiger charge is 2.36. The summed E-state index contributed by atoms with van der Waals surface area (Å²) in [6, 6.07) is 5.83. The SMILES string of the molecule is C[C@H](N)C(=O)N1c2ccccc2CC[C@H]1C(=O)O. The summed E-state index contributed by atoms with van der Waals surface area (Å²) < 4.78 is 0. The predicted molar refractivity (Wildman–Crippen MR) is 67.3 cm³/mol. The lowest BCUT2D eigenvalue weighted by atomic mass is 9.95. The first-order valence-electron chi connectivity index (χ1n) is 5.91. The number of rotatable bonds is 2. The van der Waals surface area contributed by atoms with Crippen molar-refractivity contribution in [1.82, 2.24) is 0 Å². The molecule has 1 aromatic carbocycles. The van der Waals surface area contributed by atoms with E-state index >= 15 is 0 Å². The van der Waals surface area contributed by atoms with E-state index in [1.54, 1.807) is 19.1 Å². The first-order valence-corrected chi connectivity index (χ1v) is 5.91. The Labute approximate surface area is 105 Å². The first-order chi connectivity index (χ1) is 8.52. The van der Waals surface area contributed by atoms with Crippen LogP contribution in [0.5, 0.6) is 0 Å². The minimum Gasteiger partial charge on any atom is -0.480 e. The van der Waals surface area contributed by atoms with E-state index in [4.69, 9.17) is 5.73 Å². The van der Waals surface area contributed by atoms with Crippen molar-refractivity contribution in [3.8, 4) is 0 Å². The van der Waals surface area contributed by atoms with Gasteiger partial charge in [0.15, 0.2) is 0 Å². The molecule has 0 aliphatic carbocycles. The van der Waals surface area contributed by atoms with Crippen molar-refractivity contribution in [3.05, 3.63) is 29.8 Å². The second-order valence-corrected chi connectivity index (χ2v) is 4.52. The number of hydrogen-bond donors (Lipinski definition) is 2. The summed E-state index contributed by atoms with van der Waals surface area (Å²) in [4.78, 5) is 24.7. The standard InChI is InChI=1S/C13H16N2O3/c1-8(14)12(16)15-10-5-3-2-4-9(10)6-7-11(15)13(17)18/h2-5,8,11H,6-7,14H2,1H3,(H,17,18)/t8-,11-/m0/s1. The van der Waals surface area contributed by atoms with E-state index in [0.29, 0.717) is 18.5 Å². The average Bonchev–Trinajstić information content (AvgIpc) is 2.36. The fraction of sp³-hybridized carbons (Fsp3) is 0.385. The van der Waals surface area contributed by atoms with Gasteiger partial charge in [0.1, 0.15) is 6.04 Å². The van der Waals surface area contributed by atoms with Gasteiger partial charge in [-0.05, 0) is 31.4 Å². The van der Waals surface area contributed by atoms with E-state index in [0.717, 1.165) is 5.56 Å². The smallest absolute Gasteiger partial charge is 0.326 e. The van der Waals surface area contributed by atoms with Gasteiger partial charge in [-0.15, -0.1) is 0 Å². The molecule has 2 rings (SSSR count). The van der Waals surface area contributed by atoms with Gasteiger partial charge >= 0.3 is 5.97 Å². The zero-order valence-corrected chi connectivity index (χ0v) is 10.2. The molecular weight excluding hydrogens is 232 g/mol. The summed E-state index contributed by atoms with van der Waals surface area (Å²) in [5.74, 6) is -1.34. The molecule has 1 heterocycles. The fourth-order valence-electron chi connectivity index (χ4n) is 2.27. The Hall–Kier alpha value is -1.88. The Morgan fingerprint density at radius 2 is 2.11 bits per heavy atom. The second kappa shape index (κ2) is 4.78. The predicted octanol–water partition coefficient (Wildman–Crippen LogP) is 0.766. The van der Waals surface area contributed by atoms with Gasteiger partial charge in [0.05, 0.1) is 6.04 Å². The van der Waals surface area contributed by atoms with Gasteiger partial charge in [0.25, 0.3) is 0 Å². The fourth-order valence-corrected chi connectivity index (χ4v) is 2.27. The van der Waals surface area contributed by atoms with Crippen molar-refractivity contribution in [3.63, 3.8) is 0 Å². The van der Waals surface area contributed by atoms with Crippen LogP contribution in [0.2, 0.25) is 0 Å². The van der Waals surface area contributed by atoms with Gasteiger partial charge in [0, 0.05) is 5.69 Å². The van der Waals surface area contributed by atoms with Crippen molar-refractivity contribution < 1.29 is 14.7 Å². The molecule has 18 heavy (non-hydrogen) atoms. The molecule has 1 amide bonds. The lowest BCUT2D eigenvalue weighted by molar-refractivity contribution is -0.140. The molecule has 3 N–H and O–H groups in total. The third-order valence-electron chi connectivity index (χ3n) is 3.16. The third kappa shape index (κ3) is 2.09. The number of anilines is 1. The number of nitrogens with two attached hydrogens (primary N) is 1. The van der Waals surface area contributed by atoms with Crippen LogP contribution in [0.25, 0.3) is 0 Å². The first kappa shape index (κ1) is 12.6. The van der Waals surface area contributed by atoms with Gasteiger partial charge < -0.3 is 10.8 Å². The Morgan fingerprint density at radius 1 is 1.44 bits per heavy atom. The molecule has 1 aliphatic rings. The average molecular weight is 248 g/mol. The van der Waals surface area contributed by atoms with Gasteiger partial charge in [-0.1, -0.05) is 18.2 Å². The maximum Gasteiger partial charge on any atom is 0.326 e. The molecule has 1 aliphatic heterocycles. The highest BCUT2D eigenvalue weighted by Crippen LogP contribution is 2.31. The van der Waals surface area contributed by atoms with E-state index in [1.165, 1.54) is 4.90 Å². The number of carboxylic acid groups (broad SMARTS) is 1. The summed E-state index contributed by atoms with van der Waals surface area (Å²) in [5, 5.41) is 9.23. The van der Waals surface area contributed by atoms with Crippen LogP contribution in [0, 0.1) is 0 Å². The second-order valence-electron chi connectivity index (χ2n) is 4.52. The van der Waals surface area contributed by atoms with Crippen molar-refractivity contribution in [2.45, 2.75) is 31.8 Å². The number of para-hydroxylation sites is 1. The van der Waals surface area contributed by atoms with Crippen LogP contribution in [0.4, 0.5) is 5.69 Å². The number of carboxylic acids is 1. The van der Waals surface area contributed by atoms with Crippen LogP contribution >= 0.6 is 0 Å². The molecule has 2 atom stereocenters. The monoisotopic (exact) mass is 248 g/mol. The van der Waals surface area contributed by atoms with E-state index < -0.39 is 18.1 Å². The number of benzene rings is 1. The zero-order chi connectivity index (χ0) is 13.3. The quantitative estimate of drug-likeness (QED) is 0.809. The molecule has 0 unspecified atom stereocenters. The Balaban J connectivity index is 2.47. The van der Waals surface area contributed by atoms with Gasteiger partial charge in [-0.3, -0.25) is 9.69 Å². The van der Waals surface area contributed by atoms with Gasteiger partial charge in [-0.2, -0.15) is 0 Å². The molecule has 0 saturated carbocycles. The summed E-state index contributed by atoms with van der Waals surface area (Å²) in [7, 11) is 0. The van der Waals surface area contributed by atoms with E-state index in [9.17, 15) is 14.7 Å². The van der Waals surface area contributed by atoms with E-state index in [-0.39, 0.29) is 5.91 Å². The molecule has 5 nitrogen and oxygen atoms in total. The molecule has 0 bridgehead atoms. The molecule has 0 fully saturated rings. The lowest BCUT2D eigenvalue weighted by Gasteiger charge is -2.35. The van der Waals surface area contributed by atoms with Gasteiger partial charge in [0.2, 0.25) is 5.91 Å². The zero-order valence-electron chi connectivity index (χ0n) is 10.2. The Bertz CT molecular complexity index is 485. The van der Waals surface area contributed by atoms with Crippen molar-refractivity contribution in [2.24, 2.45) is 5.73 Å². The Kier molecular flexibility index (Phi) is 3.34. The topological polar surface area (TPSA) is 83.6 Å². The molecule has 5 heteroatoms. The lowest BCUT2D eigenvalue weighted by Crippen LogP contribution is -2.53. The minimum absolute atomic E-state index is 0.352. The maximum absolute atomic E-state index is 12.1. The van der Waals surface area contributed by atoms with Crippen LogP contribution < -0.4 is 10.6 Å². The minimum atomic E-state index is -0.987. The molecule has 0 spiro atoms. The molecule has 0 radical (unpaired) electrons. The van der Waals surface area contributed by atoms with Crippen molar-refractivity contribution >= 4 is 17.6 Å². The normalized spacial score (nSPS) is 20.1. The number of aliphatic carboxylic acids is 1. The summed E-state index contributed by atoms with van der Waals surface area (Å²) in [6.45, 7) is 1.57. The van der Waals surface area contributed by atoms with Crippen molar-refractivity contribution in [1.29, 1.82) is 0 Å². The van der Waals surface area contributed by atoms with Crippen molar-refractivity contribution in [2.75, 3.05) is 4.90 Å². The van der Waals surface area contributed by atoms with Gasteiger partial charge in [-0.25, -0.2) is 4.79 Å². The van der Waals surface area contributed by atoms with E-state index in [1.807, 2.05) is 12.1 Å². The number of hydrogen-bond acceptors (Lipinski definition) is 3. The number of carbonyl (C=O) groups is 2. The van der Waals surface area contributed by atoms with Crippen LogP contribution in [0.1, 0.15) is 18.9 Å². The van der Waals surface area contributed by atoms with Crippen LogP contribution in [0.15, 0.2) is 24.3 Å². The third-order valence-corrected chi connectivity index (χ3v) is 3.16. The van der Waals surface area contributed by atoms with Crippen LogP contribution in [0.3, 0.4) is 0 Å². The Morgan fingerprint density at radius 3 is 2.72 bits per heavy atom. The molecular formula is C13H16N2O3. The number of amides is 1. The number of aryl methyl sites for hydroxylation is 1. The molecule has 96 valence electrons.